The van der Waals surface area contributed by atoms with Crippen LogP contribution in [0.1, 0.15) is 34.1 Å². The number of hydrogen-bond acceptors (Lipinski definition) is 5. The highest BCUT2D eigenvalue weighted by Crippen LogP contribution is 2.38. The third-order valence-electron chi connectivity index (χ3n) is 6.73. The fourth-order valence-electron chi connectivity index (χ4n) is 4.92. The van der Waals surface area contributed by atoms with E-state index in [-0.39, 0.29) is 11.3 Å². The number of nitrogens with one attached hydrogen (secondary N) is 1. The van der Waals surface area contributed by atoms with Crippen LogP contribution in [0.4, 0.5) is 0 Å². The highest BCUT2D eigenvalue weighted by atomic mass is 79.9. The number of rotatable bonds is 5. The normalized spacial score (nSPS) is 15.0. The monoisotopic (exact) mass is 645 g/mol. The topological polar surface area (TPSA) is 87.9 Å². The zero-order valence-electron chi connectivity index (χ0n) is 20.7. The molecule has 0 fully saturated rings. The zero-order valence-corrected chi connectivity index (χ0v) is 23.8. The second kappa shape index (κ2) is 10.3. The minimum atomic E-state index is -0.455. The molecule has 39 heavy (non-hydrogen) atoms. The van der Waals surface area contributed by atoms with Gasteiger partial charge in [-0.3, -0.25) is 9.59 Å². The molecule has 1 aliphatic heterocycles. The first-order chi connectivity index (χ1) is 18.9. The second-order valence-electron chi connectivity index (χ2n) is 9.05. The highest BCUT2D eigenvalue weighted by Gasteiger charge is 2.37. The van der Waals surface area contributed by atoms with Crippen LogP contribution in [-0.2, 0) is 0 Å². The van der Waals surface area contributed by atoms with Crippen LogP contribution in [0.2, 0.25) is 0 Å². The summed E-state index contributed by atoms with van der Waals surface area (Å²) in [6.45, 7) is 0. The maximum Gasteiger partial charge on any atom is 0.310 e. The van der Waals surface area contributed by atoms with Crippen molar-refractivity contribution in [3.05, 3.63) is 121 Å². The van der Waals surface area contributed by atoms with Crippen LogP contribution in [0.15, 0.2) is 108 Å². The molecule has 2 aromatic heterocycles. The van der Waals surface area contributed by atoms with Crippen LogP contribution in [0.25, 0.3) is 22.0 Å². The van der Waals surface area contributed by atoms with E-state index in [1.54, 1.807) is 19.2 Å². The van der Waals surface area contributed by atoms with Crippen molar-refractivity contribution >= 4 is 54.4 Å². The van der Waals surface area contributed by atoms with Crippen molar-refractivity contribution in [1.29, 1.82) is 0 Å². The molecule has 0 saturated carbocycles. The van der Waals surface area contributed by atoms with Crippen LogP contribution in [-0.4, -0.2) is 28.7 Å². The number of hydrogen-bond donors (Lipinski definition) is 1. The Bertz CT molecular complexity index is 1790. The molecular weight excluding hydrogens is 626 g/mol. The summed E-state index contributed by atoms with van der Waals surface area (Å²) < 4.78 is 12.2. The molecule has 0 radical (unpaired) electrons. The van der Waals surface area contributed by atoms with Gasteiger partial charge in [-0.15, -0.1) is 0 Å². The maximum atomic E-state index is 13.7. The summed E-state index contributed by atoms with van der Waals surface area (Å²) in [5.41, 5.74) is 3.88. The number of pyridine rings is 1. The Morgan fingerprint density at radius 3 is 2.46 bits per heavy atom. The highest BCUT2D eigenvalue weighted by molar-refractivity contribution is 9.10. The van der Waals surface area contributed by atoms with Gasteiger partial charge in [0, 0.05) is 27.4 Å². The molecule has 6 rings (SSSR count). The number of benzene rings is 3. The summed E-state index contributed by atoms with van der Waals surface area (Å²) >= 11 is 6.85. The molecule has 3 heterocycles. The third kappa shape index (κ3) is 4.72. The van der Waals surface area contributed by atoms with Crippen molar-refractivity contribution in [1.82, 2.24) is 9.99 Å². The van der Waals surface area contributed by atoms with E-state index >= 15 is 0 Å². The minimum Gasteiger partial charge on any atom is -0.497 e. The number of ether oxygens (including phenoxy) is 1. The van der Waals surface area contributed by atoms with Gasteiger partial charge in [0.2, 0.25) is 0 Å². The number of H-pyrrole nitrogens is 1. The molecule has 1 amide bonds. The first-order valence-corrected chi connectivity index (χ1v) is 13.7. The number of amides is 1. The van der Waals surface area contributed by atoms with Gasteiger partial charge in [0.1, 0.15) is 5.75 Å². The lowest BCUT2D eigenvalue weighted by atomic mass is 9.91. The lowest BCUT2D eigenvalue weighted by Crippen LogP contribution is -2.26. The van der Waals surface area contributed by atoms with E-state index < -0.39 is 11.9 Å². The molecule has 1 N–H and O–H groups in total. The van der Waals surface area contributed by atoms with Crippen molar-refractivity contribution < 1.29 is 13.9 Å². The number of carbonyl (C=O) groups excluding carboxylic acids is 1. The quantitative estimate of drug-likeness (QED) is 0.217. The van der Waals surface area contributed by atoms with Gasteiger partial charge in [0.25, 0.3) is 5.56 Å². The van der Waals surface area contributed by atoms with Crippen LogP contribution < -0.4 is 10.3 Å². The molecule has 5 aromatic rings. The lowest BCUT2D eigenvalue weighted by molar-refractivity contribution is 0.0677. The predicted octanol–water partition coefficient (Wildman–Crippen LogP) is 7.31. The summed E-state index contributed by atoms with van der Waals surface area (Å²) in [7, 11) is 1.60. The SMILES string of the molecule is COc1ccc([C@H]2CC(c3c(-c4ccccc4)c4cc(Br)ccc4[nH]c3=O)=NN2C(=O)c2ccc(Br)o2)cc1. The van der Waals surface area contributed by atoms with Crippen molar-refractivity contribution in [3.63, 3.8) is 0 Å². The molecule has 0 saturated heterocycles. The number of aromatic amines is 1. The molecule has 0 bridgehead atoms. The van der Waals surface area contributed by atoms with Crippen LogP contribution >= 0.6 is 31.9 Å². The molecule has 0 unspecified atom stereocenters. The molecular formula is C30H21Br2N3O4. The van der Waals surface area contributed by atoms with Crippen LogP contribution in [0.5, 0.6) is 5.75 Å². The average Bonchev–Trinajstić information content (AvgIpc) is 3.59. The number of carbonyl (C=O) groups is 1. The Hall–Kier alpha value is -3.95. The largest absolute Gasteiger partial charge is 0.497 e. The standard InChI is InChI=1S/C30H21Br2N3O4/c1-38-20-10-7-17(8-11-20)24-16-23(34-35(24)30(37)25-13-14-26(32)39-25)28-27(18-5-3-2-4-6-18)21-15-19(31)9-12-22(21)33-29(28)36/h2-15,24H,16H2,1H3,(H,33,36)/t24-/m1/s1. The van der Waals surface area contributed by atoms with Gasteiger partial charge in [0.15, 0.2) is 10.4 Å². The van der Waals surface area contributed by atoms with E-state index in [4.69, 9.17) is 14.3 Å². The molecule has 3 aromatic carbocycles. The van der Waals surface area contributed by atoms with Gasteiger partial charge in [-0.1, -0.05) is 58.4 Å². The summed E-state index contributed by atoms with van der Waals surface area (Å²) in [5, 5.41) is 7.06. The van der Waals surface area contributed by atoms with Crippen molar-refractivity contribution in [2.24, 2.45) is 5.10 Å². The summed E-state index contributed by atoms with van der Waals surface area (Å²) in [5.74, 6) is 0.441. The fourth-order valence-corrected chi connectivity index (χ4v) is 5.59. The number of methoxy groups -OCH3 is 1. The van der Waals surface area contributed by atoms with Gasteiger partial charge < -0.3 is 14.1 Å². The van der Waals surface area contributed by atoms with Crippen molar-refractivity contribution in [2.75, 3.05) is 7.11 Å². The molecule has 1 atom stereocenters. The first kappa shape index (κ1) is 25.3. The number of halogens is 2. The molecule has 194 valence electrons. The van der Waals surface area contributed by atoms with Crippen molar-refractivity contribution in [2.45, 2.75) is 12.5 Å². The van der Waals surface area contributed by atoms with E-state index in [9.17, 15) is 9.59 Å². The molecule has 0 spiro atoms. The van der Waals surface area contributed by atoms with Gasteiger partial charge in [0.05, 0.1) is 24.4 Å². The Kier molecular flexibility index (Phi) is 6.70. The first-order valence-electron chi connectivity index (χ1n) is 12.1. The van der Waals surface area contributed by atoms with Crippen molar-refractivity contribution in [3.8, 4) is 16.9 Å². The molecule has 9 heteroatoms. The van der Waals surface area contributed by atoms with E-state index in [2.05, 4.69) is 36.8 Å². The minimum absolute atomic E-state index is 0.144. The second-order valence-corrected chi connectivity index (χ2v) is 10.8. The summed E-state index contributed by atoms with van der Waals surface area (Å²) in [6.07, 6.45) is 0.336. The van der Waals surface area contributed by atoms with Crippen LogP contribution in [0.3, 0.4) is 0 Å². The van der Waals surface area contributed by atoms with E-state index in [1.807, 2.05) is 72.8 Å². The smallest absolute Gasteiger partial charge is 0.310 e. The van der Waals surface area contributed by atoms with E-state index in [1.165, 1.54) is 5.01 Å². The number of aromatic nitrogens is 1. The Morgan fingerprint density at radius 1 is 1.00 bits per heavy atom. The van der Waals surface area contributed by atoms with E-state index in [0.717, 1.165) is 26.5 Å². The Labute approximate surface area is 240 Å². The average molecular weight is 647 g/mol. The predicted molar refractivity (Wildman–Crippen MR) is 157 cm³/mol. The number of fused-ring (bicyclic) bond motifs is 1. The third-order valence-corrected chi connectivity index (χ3v) is 7.65. The maximum absolute atomic E-state index is 13.7. The van der Waals surface area contributed by atoms with Crippen LogP contribution in [0, 0.1) is 0 Å². The van der Waals surface area contributed by atoms with Gasteiger partial charge in [-0.05, 0) is 69.5 Å². The lowest BCUT2D eigenvalue weighted by Gasteiger charge is -2.21. The molecule has 1 aliphatic rings. The number of hydrazone groups is 1. The van der Waals surface area contributed by atoms with Gasteiger partial charge in [-0.2, -0.15) is 5.10 Å². The summed E-state index contributed by atoms with van der Waals surface area (Å²) in [6, 6.07) is 25.8. The number of furan rings is 1. The molecule has 0 aliphatic carbocycles. The Morgan fingerprint density at radius 2 is 1.77 bits per heavy atom. The zero-order chi connectivity index (χ0) is 27.1. The number of nitrogens with zero attached hydrogens (tertiary/aromatic N) is 2. The van der Waals surface area contributed by atoms with E-state index in [0.29, 0.717) is 33.6 Å². The summed E-state index contributed by atoms with van der Waals surface area (Å²) in [4.78, 5) is 30.3. The Balaban J connectivity index is 1.55. The van der Waals surface area contributed by atoms with Gasteiger partial charge >= 0.3 is 5.91 Å². The molecule has 7 nitrogen and oxygen atoms in total. The fraction of sp³-hybridized carbons (Fsp3) is 0.100. The van der Waals surface area contributed by atoms with Gasteiger partial charge in [-0.25, -0.2) is 5.01 Å².